The summed E-state index contributed by atoms with van der Waals surface area (Å²) in [5.41, 5.74) is 0. The number of hydrogen-bond donors (Lipinski definition) is 2. The predicted molar refractivity (Wildman–Crippen MR) is 120 cm³/mol. The third kappa shape index (κ3) is 20.5. The van der Waals surface area contributed by atoms with Crippen LogP contribution in [0.5, 0.6) is 0 Å². The van der Waals surface area contributed by atoms with Gasteiger partial charge in [0.25, 0.3) is 0 Å². The van der Waals surface area contributed by atoms with E-state index >= 15 is 0 Å². The Morgan fingerprint density at radius 3 is 1.84 bits per heavy atom. The summed E-state index contributed by atoms with van der Waals surface area (Å²) in [7, 11) is -4.35. The van der Waals surface area contributed by atoms with Gasteiger partial charge in [0.1, 0.15) is 13.2 Å². The average Bonchev–Trinajstić information content (AvgIpc) is 2.72. The van der Waals surface area contributed by atoms with Crippen molar-refractivity contribution in [2.75, 3.05) is 52.0 Å². The molecule has 0 aliphatic heterocycles. The van der Waals surface area contributed by atoms with Crippen molar-refractivity contribution in [3.8, 4) is 0 Å². The van der Waals surface area contributed by atoms with Crippen molar-refractivity contribution < 1.29 is 47.3 Å². The van der Waals surface area contributed by atoms with Gasteiger partial charge in [0.2, 0.25) is 0 Å². The van der Waals surface area contributed by atoms with E-state index in [0.29, 0.717) is 32.0 Å². The maximum absolute atomic E-state index is 12.0. The number of aliphatic hydroxyl groups is 2. The minimum absolute atomic E-state index is 0.0152. The fourth-order valence-electron chi connectivity index (χ4n) is 2.34. The lowest BCUT2D eigenvalue weighted by Crippen LogP contribution is -2.28. The largest absolute Gasteiger partial charge is 0.391 e. The fourth-order valence-corrected chi connectivity index (χ4v) is 4.45. The molecule has 0 saturated carbocycles. The topological polar surface area (TPSA) is 130 Å². The molecule has 6 unspecified atom stereocenters. The zero-order chi connectivity index (χ0) is 23.5. The standard InChI is InChI=1S/C19H42O10P2/c1-5-24-18(21)14-27-19(25-6-2)15-29-31(23)11-9-7-8-10-30(22)28-13-17(4)26-12-16(3)20/h16-21,30-31H,5-15H2,1-4H3. The zero-order valence-electron chi connectivity index (χ0n) is 19.2. The van der Waals surface area contributed by atoms with Crippen LogP contribution in [0.3, 0.4) is 0 Å². The monoisotopic (exact) mass is 492 g/mol. The van der Waals surface area contributed by atoms with Crippen molar-refractivity contribution in [3.05, 3.63) is 0 Å². The van der Waals surface area contributed by atoms with Crippen molar-refractivity contribution >= 4 is 16.1 Å². The number of ether oxygens (including phenoxy) is 4. The van der Waals surface area contributed by atoms with Gasteiger partial charge in [0.15, 0.2) is 28.6 Å². The van der Waals surface area contributed by atoms with Crippen molar-refractivity contribution in [1.82, 2.24) is 0 Å². The van der Waals surface area contributed by atoms with Crippen LogP contribution in [0.4, 0.5) is 0 Å². The summed E-state index contributed by atoms with van der Waals surface area (Å²) < 4.78 is 55.6. The maximum atomic E-state index is 12.0. The summed E-state index contributed by atoms with van der Waals surface area (Å²) in [5.74, 6) is 0. The second kappa shape index (κ2) is 20.7. The van der Waals surface area contributed by atoms with Gasteiger partial charge in [-0.05, 0) is 40.5 Å². The molecule has 31 heavy (non-hydrogen) atoms. The van der Waals surface area contributed by atoms with Crippen LogP contribution in [0.15, 0.2) is 0 Å². The first-order valence-corrected chi connectivity index (χ1v) is 14.0. The van der Waals surface area contributed by atoms with E-state index in [1.165, 1.54) is 0 Å². The van der Waals surface area contributed by atoms with Crippen LogP contribution < -0.4 is 0 Å². The molecule has 0 amide bonds. The average molecular weight is 492 g/mol. The molecule has 6 atom stereocenters. The summed E-state index contributed by atoms with van der Waals surface area (Å²) in [4.78, 5) is 0. The molecule has 0 spiro atoms. The smallest absolute Gasteiger partial charge is 0.191 e. The molecule has 0 fully saturated rings. The Morgan fingerprint density at radius 2 is 1.29 bits per heavy atom. The lowest BCUT2D eigenvalue weighted by Gasteiger charge is -2.19. The molecule has 0 aromatic carbocycles. The highest BCUT2D eigenvalue weighted by molar-refractivity contribution is 7.39. The van der Waals surface area contributed by atoms with Gasteiger partial charge in [0.05, 0.1) is 25.4 Å². The van der Waals surface area contributed by atoms with E-state index in [9.17, 15) is 14.2 Å². The SMILES string of the molecule is CCOC(O)COC(CO[PH](=O)CCCCC[PH](=O)OCC(C)OCC(C)O)OCC. The number of rotatable bonds is 22. The quantitative estimate of drug-likeness (QED) is 0.132. The third-order valence-corrected chi connectivity index (χ3v) is 6.38. The Bertz CT molecular complexity index is 467. The summed E-state index contributed by atoms with van der Waals surface area (Å²) >= 11 is 0. The van der Waals surface area contributed by atoms with E-state index in [0.717, 1.165) is 12.8 Å². The van der Waals surface area contributed by atoms with E-state index in [1.807, 2.05) is 0 Å². The van der Waals surface area contributed by atoms with Crippen molar-refractivity contribution in [2.24, 2.45) is 0 Å². The van der Waals surface area contributed by atoms with Gasteiger partial charge in [0, 0.05) is 25.5 Å². The van der Waals surface area contributed by atoms with Crippen LogP contribution >= 0.6 is 16.1 Å². The van der Waals surface area contributed by atoms with Crippen molar-refractivity contribution in [3.63, 3.8) is 0 Å². The van der Waals surface area contributed by atoms with Crippen LogP contribution in [0.1, 0.15) is 47.0 Å². The summed E-state index contributed by atoms with van der Waals surface area (Å²) in [5, 5.41) is 18.7. The number of aliphatic hydroxyl groups excluding tert-OH is 2. The van der Waals surface area contributed by atoms with Crippen LogP contribution in [-0.2, 0) is 37.1 Å². The molecule has 188 valence electrons. The van der Waals surface area contributed by atoms with E-state index in [4.69, 9.17) is 33.1 Å². The van der Waals surface area contributed by atoms with Crippen molar-refractivity contribution in [2.45, 2.75) is 71.7 Å². The Kier molecular flexibility index (Phi) is 20.8. The molecule has 0 saturated heterocycles. The van der Waals surface area contributed by atoms with Gasteiger partial charge in [-0.1, -0.05) is 6.42 Å². The first kappa shape index (κ1) is 31.1. The van der Waals surface area contributed by atoms with E-state index in [2.05, 4.69) is 0 Å². The lowest BCUT2D eigenvalue weighted by atomic mass is 10.3. The Labute approximate surface area is 187 Å². The van der Waals surface area contributed by atoms with Gasteiger partial charge in [-0.15, -0.1) is 0 Å². The lowest BCUT2D eigenvalue weighted by molar-refractivity contribution is -0.207. The third-order valence-electron chi connectivity index (χ3n) is 3.88. The molecule has 2 N–H and O–H groups in total. The summed E-state index contributed by atoms with van der Waals surface area (Å²) in [6.07, 6.45) is 0.569. The normalized spacial score (nSPS) is 17.7. The van der Waals surface area contributed by atoms with Crippen molar-refractivity contribution in [1.29, 1.82) is 0 Å². The molecule has 0 aliphatic rings. The molecule has 0 radical (unpaired) electrons. The van der Waals surface area contributed by atoms with Crippen LogP contribution in [-0.4, -0.2) is 87.0 Å². The first-order valence-electron chi connectivity index (χ1n) is 10.9. The highest BCUT2D eigenvalue weighted by Crippen LogP contribution is 2.27. The molecule has 12 heteroatoms. The second-order valence-electron chi connectivity index (χ2n) is 7.05. The molecule has 0 bridgehead atoms. The molecular weight excluding hydrogens is 450 g/mol. The van der Waals surface area contributed by atoms with Gasteiger partial charge in [-0.3, -0.25) is 9.13 Å². The van der Waals surface area contributed by atoms with Gasteiger partial charge in [-0.25, -0.2) is 0 Å². The molecule has 0 aromatic rings. The Hall–Kier alpha value is 0.140. The van der Waals surface area contributed by atoms with Gasteiger partial charge in [-0.2, -0.15) is 0 Å². The molecular formula is C19H42O10P2. The molecule has 10 nitrogen and oxygen atoms in total. The Morgan fingerprint density at radius 1 is 0.710 bits per heavy atom. The molecule has 0 heterocycles. The fraction of sp³-hybridized carbons (Fsp3) is 1.00. The zero-order valence-corrected chi connectivity index (χ0v) is 21.2. The molecule has 0 rings (SSSR count). The minimum Gasteiger partial charge on any atom is -0.391 e. The highest BCUT2D eigenvalue weighted by atomic mass is 31.1. The number of unbranched alkanes of at least 4 members (excludes halogenated alkanes) is 2. The maximum Gasteiger partial charge on any atom is 0.191 e. The highest BCUT2D eigenvalue weighted by Gasteiger charge is 2.14. The van der Waals surface area contributed by atoms with E-state index < -0.39 is 34.7 Å². The van der Waals surface area contributed by atoms with Crippen LogP contribution in [0.2, 0.25) is 0 Å². The predicted octanol–water partition coefficient (Wildman–Crippen LogP) is 2.66. The van der Waals surface area contributed by atoms with Crippen LogP contribution in [0, 0.1) is 0 Å². The Balaban J connectivity index is 3.81. The van der Waals surface area contributed by atoms with Gasteiger partial charge >= 0.3 is 0 Å². The van der Waals surface area contributed by atoms with E-state index in [1.54, 1.807) is 27.7 Å². The molecule has 0 aromatic heterocycles. The number of hydrogen-bond acceptors (Lipinski definition) is 10. The summed E-state index contributed by atoms with van der Waals surface area (Å²) in [6, 6.07) is 0. The molecule has 0 aliphatic carbocycles. The second-order valence-corrected chi connectivity index (χ2v) is 10.1. The van der Waals surface area contributed by atoms with Gasteiger partial charge < -0.3 is 38.2 Å². The summed E-state index contributed by atoms with van der Waals surface area (Å²) in [6.45, 7) is 8.18. The minimum atomic E-state index is -2.23. The first-order chi connectivity index (χ1) is 14.8. The van der Waals surface area contributed by atoms with E-state index in [-0.39, 0.29) is 32.5 Å². The van der Waals surface area contributed by atoms with Crippen LogP contribution in [0.25, 0.3) is 0 Å².